The smallest absolute Gasteiger partial charge is 0.347 e. The molecule has 0 aromatic heterocycles. The number of nitrogens with two attached hydrogens (primary N) is 1. The van der Waals surface area contributed by atoms with Crippen molar-refractivity contribution in [3.05, 3.63) is 29.3 Å². The Balaban J connectivity index is 2.84. The molecule has 0 amide bonds. The first kappa shape index (κ1) is 16.0. The number of nitrogen functional groups attached to an aromatic ring is 1. The molecule has 0 aliphatic heterocycles. The molecule has 0 bridgehead atoms. The molecule has 110 valence electrons. The minimum atomic E-state index is -0.867. The van der Waals surface area contributed by atoms with Gasteiger partial charge in [-0.2, -0.15) is 0 Å². The van der Waals surface area contributed by atoms with Gasteiger partial charge in [0.15, 0.2) is 6.10 Å². The molecule has 0 radical (unpaired) electrons. The van der Waals surface area contributed by atoms with Crippen LogP contribution in [-0.4, -0.2) is 24.6 Å². The first-order chi connectivity index (χ1) is 9.49. The van der Waals surface area contributed by atoms with Gasteiger partial charge in [0, 0.05) is 5.69 Å². The number of esters is 2. The van der Waals surface area contributed by atoms with Crippen LogP contribution in [0.3, 0.4) is 0 Å². The molecule has 20 heavy (non-hydrogen) atoms. The van der Waals surface area contributed by atoms with Gasteiger partial charge in [-0.1, -0.05) is 19.4 Å². The SMILES string of the molecule is CCCC(OC(=O)c1cc(N)ccc1C)C(=O)OCC. The number of aryl methyl sites for hydroxylation is 1. The molecule has 1 aromatic rings. The van der Waals surface area contributed by atoms with E-state index in [0.717, 1.165) is 5.56 Å². The Kier molecular flexibility index (Phi) is 6.03. The van der Waals surface area contributed by atoms with E-state index in [-0.39, 0.29) is 6.61 Å². The lowest BCUT2D eigenvalue weighted by Crippen LogP contribution is -2.29. The predicted molar refractivity (Wildman–Crippen MR) is 76.3 cm³/mol. The number of anilines is 1. The van der Waals surface area contributed by atoms with Crippen molar-refractivity contribution in [1.82, 2.24) is 0 Å². The third kappa shape index (κ3) is 4.26. The van der Waals surface area contributed by atoms with Gasteiger partial charge in [0.25, 0.3) is 0 Å². The van der Waals surface area contributed by atoms with Gasteiger partial charge < -0.3 is 15.2 Å². The van der Waals surface area contributed by atoms with E-state index in [1.165, 1.54) is 0 Å². The maximum atomic E-state index is 12.1. The summed E-state index contributed by atoms with van der Waals surface area (Å²) in [4.78, 5) is 23.9. The molecule has 0 fully saturated rings. The lowest BCUT2D eigenvalue weighted by atomic mass is 10.1. The highest BCUT2D eigenvalue weighted by atomic mass is 16.6. The Morgan fingerprint density at radius 1 is 1.30 bits per heavy atom. The van der Waals surface area contributed by atoms with Crippen LogP contribution in [0.2, 0.25) is 0 Å². The molecular formula is C15H21NO4. The average molecular weight is 279 g/mol. The van der Waals surface area contributed by atoms with Crippen LogP contribution in [0.5, 0.6) is 0 Å². The van der Waals surface area contributed by atoms with E-state index < -0.39 is 18.0 Å². The highest BCUT2D eigenvalue weighted by Crippen LogP contribution is 2.16. The first-order valence-corrected chi connectivity index (χ1v) is 6.73. The summed E-state index contributed by atoms with van der Waals surface area (Å²) in [6.45, 7) is 5.67. The molecule has 0 saturated carbocycles. The van der Waals surface area contributed by atoms with Crippen LogP contribution in [0.25, 0.3) is 0 Å². The lowest BCUT2D eigenvalue weighted by Gasteiger charge is -2.16. The summed E-state index contributed by atoms with van der Waals surface area (Å²) in [5.74, 6) is -1.06. The number of ether oxygens (including phenoxy) is 2. The first-order valence-electron chi connectivity index (χ1n) is 6.73. The summed E-state index contributed by atoms with van der Waals surface area (Å²) in [7, 11) is 0. The van der Waals surface area contributed by atoms with Crippen LogP contribution in [0.1, 0.15) is 42.6 Å². The number of hydrogen-bond donors (Lipinski definition) is 1. The minimum Gasteiger partial charge on any atom is -0.463 e. The second-order valence-corrected chi connectivity index (χ2v) is 4.51. The number of carbonyl (C=O) groups excluding carboxylic acids is 2. The maximum Gasteiger partial charge on any atom is 0.347 e. The molecule has 0 saturated heterocycles. The van der Waals surface area contributed by atoms with E-state index in [9.17, 15) is 9.59 Å². The third-order valence-corrected chi connectivity index (χ3v) is 2.83. The normalized spacial score (nSPS) is 11.8. The molecular weight excluding hydrogens is 258 g/mol. The molecule has 2 N–H and O–H groups in total. The van der Waals surface area contributed by atoms with Crippen molar-refractivity contribution in [2.75, 3.05) is 12.3 Å². The average Bonchev–Trinajstić information content (AvgIpc) is 2.41. The zero-order valence-electron chi connectivity index (χ0n) is 12.1. The van der Waals surface area contributed by atoms with Gasteiger partial charge in [0.1, 0.15) is 0 Å². The Hall–Kier alpha value is -2.04. The van der Waals surface area contributed by atoms with E-state index in [0.29, 0.717) is 24.1 Å². The third-order valence-electron chi connectivity index (χ3n) is 2.83. The quantitative estimate of drug-likeness (QED) is 0.639. The monoisotopic (exact) mass is 279 g/mol. The van der Waals surface area contributed by atoms with E-state index in [1.807, 2.05) is 6.92 Å². The van der Waals surface area contributed by atoms with E-state index in [2.05, 4.69) is 0 Å². The maximum absolute atomic E-state index is 12.1. The number of carbonyl (C=O) groups is 2. The van der Waals surface area contributed by atoms with Gasteiger partial charge in [-0.25, -0.2) is 9.59 Å². The van der Waals surface area contributed by atoms with Crippen molar-refractivity contribution >= 4 is 17.6 Å². The molecule has 1 unspecified atom stereocenters. The number of benzene rings is 1. The largest absolute Gasteiger partial charge is 0.463 e. The van der Waals surface area contributed by atoms with Crippen LogP contribution in [-0.2, 0) is 14.3 Å². The van der Waals surface area contributed by atoms with Crippen LogP contribution in [0.4, 0.5) is 5.69 Å². The van der Waals surface area contributed by atoms with Gasteiger partial charge in [-0.05, 0) is 38.0 Å². The van der Waals surface area contributed by atoms with Gasteiger partial charge in [-0.3, -0.25) is 0 Å². The molecule has 5 nitrogen and oxygen atoms in total. The molecule has 1 aromatic carbocycles. The molecule has 0 aliphatic carbocycles. The fourth-order valence-corrected chi connectivity index (χ4v) is 1.77. The molecule has 0 heterocycles. The van der Waals surface area contributed by atoms with E-state index in [1.54, 1.807) is 32.0 Å². The van der Waals surface area contributed by atoms with Crippen molar-refractivity contribution in [3.63, 3.8) is 0 Å². The predicted octanol–water partition coefficient (Wildman–Crippen LogP) is 2.47. The molecule has 1 atom stereocenters. The highest BCUT2D eigenvalue weighted by molar-refractivity contribution is 5.93. The van der Waals surface area contributed by atoms with Crippen molar-refractivity contribution in [2.24, 2.45) is 0 Å². The van der Waals surface area contributed by atoms with Gasteiger partial charge in [0.05, 0.1) is 12.2 Å². The van der Waals surface area contributed by atoms with Gasteiger partial charge >= 0.3 is 11.9 Å². The van der Waals surface area contributed by atoms with Crippen molar-refractivity contribution < 1.29 is 19.1 Å². The highest BCUT2D eigenvalue weighted by Gasteiger charge is 2.24. The van der Waals surface area contributed by atoms with Crippen LogP contribution >= 0.6 is 0 Å². The fraction of sp³-hybridized carbons (Fsp3) is 0.467. The Morgan fingerprint density at radius 3 is 2.60 bits per heavy atom. The second kappa shape index (κ2) is 7.53. The Labute approximate surface area is 119 Å². The van der Waals surface area contributed by atoms with E-state index in [4.69, 9.17) is 15.2 Å². The molecule has 0 spiro atoms. The van der Waals surface area contributed by atoms with Crippen molar-refractivity contribution in [2.45, 2.75) is 39.7 Å². The van der Waals surface area contributed by atoms with E-state index >= 15 is 0 Å². The Bertz CT molecular complexity index is 485. The molecule has 1 rings (SSSR count). The Morgan fingerprint density at radius 2 is 2.00 bits per heavy atom. The molecule has 0 aliphatic rings. The summed E-state index contributed by atoms with van der Waals surface area (Å²) < 4.78 is 10.2. The van der Waals surface area contributed by atoms with Crippen LogP contribution < -0.4 is 5.73 Å². The number of hydrogen-bond acceptors (Lipinski definition) is 5. The summed E-state index contributed by atoms with van der Waals surface area (Å²) in [5.41, 5.74) is 7.26. The summed E-state index contributed by atoms with van der Waals surface area (Å²) in [6, 6.07) is 5.00. The fourth-order valence-electron chi connectivity index (χ4n) is 1.77. The zero-order chi connectivity index (χ0) is 15.1. The van der Waals surface area contributed by atoms with Crippen LogP contribution in [0, 0.1) is 6.92 Å². The van der Waals surface area contributed by atoms with Crippen molar-refractivity contribution in [3.8, 4) is 0 Å². The van der Waals surface area contributed by atoms with Crippen molar-refractivity contribution in [1.29, 1.82) is 0 Å². The lowest BCUT2D eigenvalue weighted by molar-refractivity contribution is -0.153. The van der Waals surface area contributed by atoms with Gasteiger partial charge in [-0.15, -0.1) is 0 Å². The van der Waals surface area contributed by atoms with Crippen LogP contribution in [0.15, 0.2) is 18.2 Å². The topological polar surface area (TPSA) is 78.6 Å². The summed E-state index contributed by atoms with van der Waals surface area (Å²) in [5, 5.41) is 0. The standard InChI is InChI=1S/C15H21NO4/c1-4-6-13(15(18)19-5-2)20-14(17)12-9-11(16)8-7-10(12)3/h7-9,13H,4-6,16H2,1-3H3. The zero-order valence-corrected chi connectivity index (χ0v) is 12.1. The minimum absolute atomic E-state index is 0.258. The van der Waals surface area contributed by atoms with Gasteiger partial charge in [0.2, 0.25) is 0 Å². The number of rotatable bonds is 6. The molecule has 5 heteroatoms. The second-order valence-electron chi connectivity index (χ2n) is 4.51. The summed E-state index contributed by atoms with van der Waals surface area (Å²) >= 11 is 0. The summed E-state index contributed by atoms with van der Waals surface area (Å²) in [6.07, 6.45) is 0.284.